The Morgan fingerprint density at radius 3 is 2.42 bits per heavy atom. The van der Waals surface area contributed by atoms with Gasteiger partial charge in [-0.25, -0.2) is 0 Å². The van der Waals surface area contributed by atoms with E-state index in [2.05, 4.69) is 24.4 Å². The molecule has 3 aliphatic rings. The Morgan fingerprint density at radius 2 is 1.92 bits per heavy atom. The highest BCUT2D eigenvalue weighted by Gasteiger charge is 2.41. The molecule has 0 aliphatic heterocycles. The van der Waals surface area contributed by atoms with Crippen molar-refractivity contribution in [1.29, 1.82) is 0 Å². The highest BCUT2D eigenvalue weighted by atomic mass is 15.0. The second kappa shape index (κ2) is 2.35. The summed E-state index contributed by atoms with van der Waals surface area (Å²) in [6.45, 7) is 2.35. The number of allylic oxidation sites excluding steroid dienone is 1. The molecule has 2 bridgehead atoms. The van der Waals surface area contributed by atoms with Crippen LogP contribution in [0, 0.1) is 17.8 Å². The fraction of sp³-hybridized carbons (Fsp3) is 0.818. The second-order valence-corrected chi connectivity index (χ2v) is 4.87. The maximum Gasteiger partial charge on any atom is 0.0138 e. The molecule has 12 heavy (non-hydrogen) atoms. The molecule has 0 aromatic carbocycles. The third-order valence-electron chi connectivity index (χ3n) is 3.82. The number of nitrogens with one attached hydrogen (secondary N) is 1. The monoisotopic (exact) mass is 163 g/mol. The van der Waals surface area contributed by atoms with Gasteiger partial charge in [0.1, 0.15) is 0 Å². The van der Waals surface area contributed by atoms with E-state index in [1.54, 1.807) is 0 Å². The highest BCUT2D eigenvalue weighted by Crippen LogP contribution is 2.41. The molecule has 5 atom stereocenters. The summed E-state index contributed by atoms with van der Waals surface area (Å²) in [5, 5.41) is 3.78. The van der Waals surface area contributed by atoms with Gasteiger partial charge in [-0.3, -0.25) is 0 Å². The van der Waals surface area contributed by atoms with E-state index in [0.717, 1.165) is 29.8 Å². The third-order valence-corrected chi connectivity index (χ3v) is 3.82. The van der Waals surface area contributed by atoms with Crippen LogP contribution in [-0.4, -0.2) is 12.1 Å². The molecule has 1 heteroatoms. The fourth-order valence-corrected chi connectivity index (χ4v) is 2.80. The molecule has 0 amide bonds. The zero-order valence-corrected chi connectivity index (χ0v) is 7.66. The van der Waals surface area contributed by atoms with Crippen LogP contribution in [-0.2, 0) is 0 Å². The van der Waals surface area contributed by atoms with Crippen molar-refractivity contribution >= 4 is 0 Å². The zero-order valence-electron chi connectivity index (χ0n) is 7.66. The molecule has 66 valence electrons. The van der Waals surface area contributed by atoms with Gasteiger partial charge >= 0.3 is 0 Å². The van der Waals surface area contributed by atoms with Gasteiger partial charge in [-0.15, -0.1) is 0 Å². The summed E-state index contributed by atoms with van der Waals surface area (Å²) in [4.78, 5) is 0. The minimum atomic E-state index is 0.829. The van der Waals surface area contributed by atoms with Crippen molar-refractivity contribution in [2.45, 2.75) is 38.3 Å². The first-order chi connectivity index (χ1) is 5.83. The lowest BCUT2D eigenvalue weighted by atomic mass is 10.0. The number of rotatable bonds is 2. The Hall–Kier alpha value is -0.300. The lowest BCUT2D eigenvalue weighted by Crippen LogP contribution is -2.34. The third kappa shape index (κ3) is 1.03. The summed E-state index contributed by atoms with van der Waals surface area (Å²) < 4.78 is 0. The molecular formula is C11H17N. The van der Waals surface area contributed by atoms with Crippen molar-refractivity contribution in [3.05, 3.63) is 12.2 Å². The van der Waals surface area contributed by atoms with Crippen LogP contribution >= 0.6 is 0 Å². The van der Waals surface area contributed by atoms with E-state index >= 15 is 0 Å². The van der Waals surface area contributed by atoms with Gasteiger partial charge in [0.15, 0.2) is 0 Å². The molecule has 0 saturated heterocycles. The van der Waals surface area contributed by atoms with Gasteiger partial charge in [0.25, 0.3) is 0 Å². The van der Waals surface area contributed by atoms with Crippen molar-refractivity contribution in [1.82, 2.24) is 5.32 Å². The standard InChI is InChI=1S/C11H17N/c1-7-4-10(7)12-11-6-8-2-3-9(11)5-8/h2-3,7-12H,4-6H2,1H3/t7?,8-,9+,10?,11?/m1/s1. The first-order valence-corrected chi connectivity index (χ1v) is 5.27. The molecule has 3 rings (SSSR count). The van der Waals surface area contributed by atoms with Gasteiger partial charge in [-0.1, -0.05) is 19.1 Å². The van der Waals surface area contributed by atoms with Gasteiger partial charge in [-0.05, 0) is 37.0 Å². The van der Waals surface area contributed by atoms with E-state index in [1.807, 2.05) is 0 Å². The molecule has 0 radical (unpaired) electrons. The van der Waals surface area contributed by atoms with E-state index in [0.29, 0.717) is 0 Å². The van der Waals surface area contributed by atoms with E-state index in [-0.39, 0.29) is 0 Å². The van der Waals surface area contributed by atoms with Crippen LogP contribution in [0.25, 0.3) is 0 Å². The van der Waals surface area contributed by atoms with Crippen molar-refractivity contribution in [3.63, 3.8) is 0 Å². The molecule has 1 nitrogen and oxygen atoms in total. The SMILES string of the molecule is CC1CC1NC1C[C@@H]2C=C[C@H]1C2. The lowest BCUT2D eigenvalue weighted by molar-refractivity contribution is 0.439. The average molecular weight is 163 g/mol. The Kier molecular flexibility index (Phi) is 1.40. The van der Waals surface area contributed by atoms with Crippen molar-refractivity contribution in [2.75, 3.05) is 0 Å². The number of hydrogen-bond donors (Lipinski definition) is 1. The van der Waals surface area contributed by atoms with E-state index < -0.39 is 0 Å². The number of hydrogen-bond acceptors (Lipinski definition) is 1. The minimum absolute atomic E-state index is 0.829. The largest absolute Gasteiger partial charge is 0.310 e. The molecule has 3 aliphatic carbocycles. The smallest absolute Gasteiger partial charge is 0.0138 e. The summed E-state index contributed by atoms with van der Waals surface area (Å²) >= 11 is 0. The molecule has 3 unspecified atom stereocenters. The highest BCUT2D eigenvalue weighted by molar-refractivity contribution is 5.13. The average Bonchev–Trinajstić information content (AvgIpc) is 2.53. The predicted molar refractivity (Wildman–Crippen MR) is 49.8 cm³/mol. The maximum atomic E-state index is 3.78. The summed E-state index contributed by atoms with van der Waals surface area (Å²) in [6, 6.07) is 1.69. The molecule has 0 aromatic rings. The maximum absolute atomic E-state index is 3.78. The van der Waals surface area contributed by atoms with Crippen LogP contribution in [0.2, 0.25) is 0 Å². The summed E-state index contributed by atoms with van der Waals surface area (Å²) in [5.74, 6) is 2.75. The van der Waals surface area contributed by atoms with Crippen LogP contribution in [0.15, 0.2) is 12.2 Å². The lowest BCUT2D eigenvalue weighted by Gasteiger charge is -2.19. The molecular weight excluding hydrogens is 146 g/mol. The van der Waals surface area contributed by atoms with Crippen LogP contribution in [0.1, 0.15) is 26.2 Å². The van der Waals surface area contributed by atoms with Gasteiger partial charge in [0.2, 0.25) is 0 Å². The molecule has 1 N–H and O–H groups in total. The number of fused-ring (bicyclic) bond motifs is 2. The minimum Gasteiger partial charge on any atom is -0.310 e. The van der Waals surface area contributed by atoms with Crippen molar-refractivity contribution in [3.8, 4) is 0 Å². The van der Waals surface area contributed by atoms with Crippen molar-refractivity contribution in [2.24, 2.45) is 17.8 Å². The second-order valence-electron chi connectivity index (χ2n) is 4.87. The van der Waals surface area contributed by atoms with Gasteiger partial charge < -0.3 is 5.32 Å². The molecule has 2 saturated carbocycles. The topological polar surface area (TPSA) is 12.0 Å². The Labute approximate surface area is 74.2 Å². The Balaban J connectivity index is 1.61. The predicted octanol–water partition coefficient (Wildman–Crippen LogP) is 1.95. The quantitative estimate of drug-likeness (QED) is 0.613. The Morgan fingerprint density at radius 1 is 1.08 bits per heavy atom. The van der Waals surface area contributed by atoms with Crippen LogP contribution in [0.5, 0.6) is 0 Å². The zero-order chi connectivity index (χ0) is 8.13. The molecule has 2 fully saturated rings. The van der Waals surface area contributed by atoms with E-state index in [1.165, 1.54) is 19.3 Å². The normalized spacial score (nSPS) is 54.9. The molecule has 0 heterocycles. The van der Waals surface area contributed by atoms with Crippen LogP contribution < -0.4 is 5.32 Å². The van der Waals surface area contributed by atoms with E-state index in [4.69, 9.17) is 0 Å². The van der Waals surface area contributed by atoms with Gasteiger partial charge in [-0.2, -0.15) is 0 Å². The molecule has 0 aromatic heterocycles. The van der Waals surface area contributed by atoms with Crippen LogP contribution in [0.3, 0.4) is 0 Å². The first-order valence-electron chi connectivity index (χ1n) is 5.27. The van der Waals surface area contributed by atoms with Crippen LogP contribution in [0.4, 0.5) is 0 Å². The first kappa shape index (κ1) is 7.14. The van der Waals surface area contributed by atoms with Crippen molar-refractivity contribution < 1.29 is 0 Å². The summed E-state index contributed by atoms with van der Waals surface area (Å²) in [6.07, 6.45) is 9.10. The summed E-state index contributed by atoms with van der Waals surface area (Å²) in [7, 11) is 0. The van der Waals surface area contributed by atoms with Gasteiger partial charge in [0.05, 0.1) is 0 Å². The molecule has 0 spiro atoms. The van der Waals surface area contributed by atoms with Gasteiger partial charge in [0, 0.05) is 12.1 Å². The van der Waals surface area contributed by atoms with E-state index in [9.17, 15) is 0 Å². The fourth-order valence-electron chi connectivity index (χ4n) is 2.80. The Bertz CT molecular complexity index is 221. The summed E-state index contributed by atoms with van der Waals surface area (Å²) in [5.41, 5.74) is 0.